The monoisotopic (exact) mass is 379 g/mol. The van der Waals surface area contributed by atoms with Gasteiger partial charge in [-0.1, -0.05) is 45.5 Å². The van der Waals surface area contributed by atoms with E-state index in [1.165, 1.54) is 0 Å². The molecule has 1 heterocycles. The summed E-state index contributed by atoms with van der Waals surface area (Å²) in [5.74, 6) is -0.173. The van der Waals surface area contributed by atoms with Crippen LogP contribution in [0.15, 0.2) is 42.5 Å². The topological polar surface area (TPSA) is 88.1 Å². The minimum absolute atomic E-state index is 0.227. The number of phenolic OH excluding ortho intramolecular Hbond substituents is 1. The van der Waals surface area contributed by atoms with Crippen molar-refractivity contribution in [3.8, 4) is 16.9 Å². The van der Waals surface area contributed by atoms with Gasteiger partial charge < -0.3 is 9.84 Å². The zero-order chi connectivity index (χ0) is 20.5. The smallest absolute Gasteiger partial charge is 0.333 e. The summed E-state index contributed by atoms with van der Waals surface area (Å²) >= 11 is 0. The zero-order valence-corrected chi connectivity index (χ0v) is 16.7. The number of para-hydroxylation sites is 1. The van der Waals surface area contributed by atoms with Gasteiger partial charge in [0, 0.05) is 28.7 Å². The molecule has 0 saturated carbocycles. The van der Waals surface area contributed by atoms with Gasteiger partial charge in [-0.2, -0.15) is 15.4 Å². The number of aromatic hydroxyl groups is 1. The van der Waals surface area contributed by atoms with E-state index in [2.05, 4.69) is 22.0 Å². The third-order valence-electron chi connectivity index (χ3n) is 4.59. The molecule has 0 bridgehead atoms. The molecule has 0 unspecified atom stereocenters. The summed E-state index contributed by atoms with van der Waals surface area (Å²) in [6, 6.07) is 9.55. The van der Waals surface area contributed by atoms with E-state index in [1.54, 1.807) is 6.92 Å². The van der Waals surface area contributed by atoms with Crippen LogP contribution in [0.4, 0.5) is 0 Å². The largest absolute Gasteiger partial charge is 0.507 e. The van der Waals surface area contributed by atoms with Crippen LogP contribution in [0.1, 0.15) is 38.8 Å². The summed E-state index contributed by atoms with van der Waals surface area (Å²) in [4.78, 5) is 11.6. The number of phenols is 1. The van der Waals surface area contributed by atoms with Crippen LogP contribution in [0.3, 0.4) is 0 Å². The average molecular weight is 379 g/mol. The first kappa shape index (κ1) is 19.6. The van der Waals surface area contributed by atoms with E-state index in [0.29, 0.717) is 23.1 Å². The van der Waals surface area contributed by atoms with E-state index < -0.39 is 5.97 Å². The van der Waals surface area contributed by atoms with E-state index in [1.807, 2.05) is 51.1 Å². The van der Waals surface area contributed by atoms with Crippen LogP contribution in [-0.4, -0.2) is 33.1 Å². The van der Waals surface area contributed by atoms with Crippen LogP contribution in [0.5, 0.6) is 5.75 Å². The Labute approximate surface area is 164 Å². The lowest BCUT2D eigenvalue weighted by molar-refractivity contribution is -0.138. The van der Waals surface area contributed by atoms with Gasteiger partial charge in [0.15, 0.2) is 0 Å². The van der Waals surface area contributed by atoms with E-state index in [-0.39, 0.29) is 17.8 Å². The minimum Gasteiger partial charge on any atom is -0.507 e. The Hall–Kier alpha value is -3.15. The van der Waals surface area contributed by atoms with Gasteiger partial charge in [-0.15, -0.1) is 0 Å². The Bertz CT molecular complexity index is 1040. The molecule has 1 aromatic heterocycles. The molecule has 0 spiro atoms. The van der Waals surface area contributed by atoms with Crippen molar-refractivity contribution >= 4 is 17.0 Å². The molecule has 0 aliphatic rings. The Morgan fingerprint density at radius 2 is 1.96 bits per heavy atom. The number of hydrogen-bond donors (Lipinski definition) is 2. The molecule has 0 atom stereocenters. The highest BCUT2D eigenvalue weighted by atomic mass is 16.5. The first-order chi connectivity index (χ1) is 13.2. The lowest BCUT2D eigenvalue weighted by Gasteiger charge is -2.23. The number of benzene rings is 2. The van der Waals surface area contributed by atoms with Gasteiger partial charge in [0.2, 0.25) is 0 Å². The maximum absolute atomic E-state index is 11.6. The second kappa shape index (κ2) is 7.46. The second-order valence-electron chi connectivity index (χ2n) is 7.95. The third-order valence-corrected chi connectivity index (χ3v) is 4.59. The number of rotatable bonds is 5. The van der Waals surface area contributed by atoms with Crippen LogP contribution in [0, 0.1) is 0 Å². The first-order valence-corrected chi connectivity index (χ1v) is 9.17. The number of aromatic nitrogens is 3. The molecular formula is C22H25N3O3. The third kappa shape index (κ3) is 3.91. The van der Waals surface area contributed by atoms with Gasteiger partial charge in [-0.25, -0.2) is 4.79 Å². The number of nitrogens with zero attached hydrogens (tertiary/aromatic N) is 2. The van der Waals surface area contributed by atoms with Gasteiger partial charge in [0.25, 0.3) is 0 Å². The summed E-state index contributed by atoms with van der Waals surface area (Å²) in [5, 5.41) is 22.0. The van der Waals surface area contributed by atoms with Crippen molar-refractivity contribution in [3.05, 3.63) is 53.6 Å². The zero-order valence-electron chi connectivity index (χ0n) is 16.7. The minimum atomic E-state index is -0.401. The highest BCUT2D eigenvalue weighted by Gasteiger charge is 2.23. The fourth-order valence-corrected chi connectivity index (χ4v) is 3.09. The number of ether oxygens (including phenoxy) is 1. The van der Waals surface area contributed by atoms with Gasteiger partial charge in [-0.3, -0.25) is 0 Å². The maximum atomic E-state index is 11.6. The van der Waals surface area contributed by atoms with Crippen LogP contribution >= 0.6 is 0 Å². The SMILES string of the molecule is C=C(C)C(=O)OCCc1cc(-c2cccc3n[nH]nc23)c(O)c(C(C)(C)C)c1. The van der Waals surface area contributed by atoms with Gasteiger partial charge in [-0.05, 0) is 30.0 Å². The van der Waals surface area contributed by atoms with E-state index in [9.17, 15) is 9.90 Å². The van der Waals surface area contributed by atoms with Crippen molar-refractivity contribution in [2.45, 2.75) is 39.5 Å². The fourth-order valence-electron chi connectivity index (χ4n) is 3.09. The lowest BCUT2D eigenvalue weighted by Crippen LogP contribution is -2.13. The molecular weight excluding hydrogens is 354 g/mol. The number of fused-ring (bicyclic) bond motifs is 1. The molecule has 146 valence electrons. The average Bonchev–Trinajstić information content (AvgIpc) is 3.10. The maximum Gasteiger partial charge on any atom is 0.333 e. The highest BCUT2D eigenvalue weighted by molar-refractivity contribution is 5.93. The molecule has 0 amide bonds. The predicted molar refractivity (Wildman–Crippen MR) is 109 cm³/mol. The number of carbonyl (C=O) groups is 1. The molecule has 28 heavy (non-hydrogen) atoms. The van der Waals surface area contributed by atoms with Crippen molar-refractivity contribution in [1.29, 1.82) is 0 Å². The number of hydrogen-bond acceptors (Lipinski definition) is 5. The van der Waals surface area contributed by atoms with E-state index in [0.717, 1.165) is 22.2 Å². The van der Waals surface area contributed by atoms with Crippen molar-refractivity contribution < 1.29 is 14.6 Å². The summed E-state index contributed by atoms with van der Waals surface area (Å²) < 4.78 is 5.24. The normalized spacial score (nSPS) is 11.6. The lowest BCUT2D eigenvalue weighted by atomic mass is 9.82. The number of H-pyrrole nitrogens is 1. The van der Waals surface area contributed by atoms with E-state index in [4.69, 9.17) is 4.74 Å². The Kier molecular flexibility index (Phi) is 5.23. The summed E-state index contributed by atoms with van der Waals surface area (Å²) in [6.07, 6.45) is 0.532. The Balaban J connectivity index is 2.05. The summed E-state index contributed by atoms with van der Waals surface area (Å²) in [5.41, 5.74) is 4.82. The van der Waals surface area contributed by atoms with Crippen molar-refractivity contribution in [1.82, 2.24) is 15.4 Å². The Morgan fingerprint density at radius 1 is 1.21 bits per heavy atom. The summed E-state index contributed by atoms with van der Waals surface area (Å²) in [7, 11) is 0. The van der Waals surface area contributed by atoms with Gasteiger partial charge in [0.05, 0.1) is 6.61 Å². The molecule has 0 aliphatic carbocycles. The van der Waals surface area contributed by atoms with Crippen LogP contribution < -0.4 is 0 Å². The molecule has 3 aromatic rings. The Morgan fingerprint density at radius 3 is 2.64 bits per heavy atom. The van der Waals surface area contributed by atoms with Gasteiger partial charge >= 0.3 is 5.97 Å². The highest BCUT2D eigenvalue weighted by Crippen LogP contribution is 2.41. The van der Waals surface area contributed by atoms with Crippen LogP contribution in [0.2, 0.25) is 0 Å². The first-order valence-electron chi connectivity index (χ1n) is 9.17. The van der Waals surface area contributed by atoms with Crippen molar-refractivity contribution in [2.75, 3.05) is 6.61 Å². The summed E-state index contributed by atoms with van der Waals surface area (Å²) in [6.45, 7) is 11.6. The van der Waals surface area contributed by atoms with E-state index >= 15 is 0 Å². The van der Waals surface area contributed by atoms with Crippen LogP contribution in [0.25, 0.3) is 22.2 Å². The number of esters is 1. The molecule has 0 saturated heterocycles. The van der Waals surface area contributed by atoms with Gasteiger partial charge in [0.1, 0.15) is 16.8 Å². The van der Waals surface area contributed by atoms with Crippen LogP contribution in [-0.2, 0) is 21.4 Å². The molecule has 3 rings (SSSR count). The molecule has 2 N–H and O–H groups in total. The standard InChI is InChI=1S/C22H25N3O3/c1-13(2)21(27)28-10-9-14-11-16(20(26)17(12-14)22(3,4)5)15-7-6-8-18-19(15)24-25-23-18/h6-8,11-12,26H,1,9-10H2,2-5H3,(H,23,24,25). The number of nitrogens with one attached hydrogen (secondary N) is 1. The predicted octanol–water partition coefficient (Wildman–Crippen LogP) is 4.29. The number of carbonyl (C=O) groups excluding carboxylic acids is 1. The fraction of sp³-hybridized carbons (Fsp3) is 0.318. The second-order valence-corrected chi connectivity index (χ2v) is 7.95. The molecule has 0 aliphatic heterocycles. The van der Waals surface area contributed by atoms with Crippen molar-refractivity contribution in [2.24, 2.45) is 0 Å². The molecule has 0 fully saturated rings. The van der Waals surface area contributed by atoms with Crippen molar-refractivity contribution in [3.63, 3.8) is 0 Å². The molecule has 2 aromatic carbocycles. The molecule has 6 nitrogen and oxygen atoms in total. The molecule has 6 heteroatoms. The molecule has 0 radical (unpaired) electrons. The quantitative estimate of drug-likeness (QED) is 0.510. The number of aromatic amines is 1.